The number of hydrogen-bond acceptors (Lipinski definition) is 2. The first-order valence-electron chi connectivity index (χ1n) is 3.76. The molecule has 1 aliphatic heterocycles. The summed E-state index contributed by atoms with van der Waals surface area (Å²) in [7, 11) is 0. The molecule has 1 rings (SSSR count). The van der Waals surface area contributed by atoms with Crippen molar-refractivity contribution in [1.82, 2.24) is 5.32 Å². The van der Waals surface area contributed by atoms with E-state index in [1.54, 1.807) is 0 Å². The molecule has 1 unspecified atom stereocenters. The summed E-state index contributed by atoms with van der Waals surface area (Å²) in [6.07, 6.45) is 2.70. The summed E-state index contributed by atoms with van der Waals surface area (Å²) in [5.41, 5.74) is 0. The fraction of sp³-hybridized carbons (Fsp3) is 1.00. The van der Waals surface area contributed by atoms with E-state index < -0.39 is 0 Å². The van der Waals surface area contributed by atoms with E-state index in [0.29, 0.717) is 0 Å². The molecule has 1 saturated heterocycles. The second-order valence-corrected chi connectivity index (χ2v) is 3.89. The van der Waals surface area contributed by atoms with Crippen LogP contribution in [0.25, 0.3) is 0 Å². The second kappa shape index (κ2) is 4.18. The molecular weight excluding hydrogens is 130 g/mol. The molecule has 0 aromatic heterocycles. The van der Waals surface area contributed by atoms with Crippen molar-refractivity contribution in [3.8, 4) is 0 Å². The van der Waals surface area contributed by atoms with Gasteiger partial charge in [0.2, 0.25) is 0 Å². The van der Waals surface area contributed by atoms with Crippen molar-refractivity contribution in [1.29, 1.82) is 0 Å². The van der Waals surface area contributed by atoms with Crippen LogP contribution in [0.1, 0.15) is 19.8 Å². The highest BCUT2D eigenvalue weighted by atomic mass is 32.2. The summed E-state index contributed by atoms with van der Waals surface area (Å²) in [4.78, 5) is 0. The molecule has 1 fully saturated rings. The van der Waals surface area contributed by atoms with Gasteiger partial charge in [-0.25, -0.2) is 0 Å². The number of nitrogens with one attached hydrogen (secondary N) is 1. The van der Waals surface area contributed by atoms with Gasteiger partial charge in [-0.15, -0.1) is 0 Å². The zero-order valence-electron chi connectivity index (χ0n) is 6.02. The summed E-state index contributed by atoms with van der Waals surface area (Å²) >= 11 is 2.12. The van der Waals surface area contributed by atoms with Crippen molar-refractivity contribution in [3.05, 3.63) is 0 Å². The van der Waals surface area contributed by atoms with Crippen molar-refractivity contribution in [3.63, 3.8) is 0 Å². The Hall–Kier alpha value is 0.310. The quantitative estimate of drug-likeness (QED) is 0.646. The molecule has 1 heterocycles. The molecule has 1 nitrogen and oxygen atoms in total. The van der Waals surface area contributed by atoms with E-state index in [1.165, 1.54) is 31.7 Å². The molecule has 9 heavy (non-hydrogen) atoms. The van der Waals surface area contributed by atoms with E-state index in [-0.39, 0.29) is 0 Å². The molecule has 1 aliphatic rings. The van der Waals surface area contributed by atoms with E-state index in [2.05, 4.69) is 24.0 Å². The van der Waals surface area contributed by atoms with Gasteiger partial charge < -0.3 is 5.32 Å². The van der Waals surface area contributed by atoms with Crippen molar-refractivity contribution in [2.75, 3.05) is 18.8 Å². The van der Waals surface area contributed by atoms with E-state index in [9.17, 15) is 0 Å². The largest absolute Gasteiger partial charge is 0.316 e. The topological polar surface area (TPSA) is 12.0 Å². The van der Waals surface area contributed by atoms with Crippen molar-refractivity contribution in [2.45, 2.75) is 25.0 Å². The number of hydrogen-bond donors (Lipinski definition) is 1. The van der Waals surface area contributed by atoms with Crippen LogP contribution in [-0.4, -0.2) is 24.1 Å². The lowest BCUT2D eigenvalue weighted by molar-refractivity contribution is 0.858. The molecule has 0 aromatic carbocycles. The molecule has 54 valence electrons. The summed E-state index contributed by atoms with van der Waals surface area (Å²) in [5, 5.41) is 4.28. The Balaban J connectivity index is 1.98. The lowest BCUT2D eigenvalue weighted by Crippen LogP contribution is -2.10. The Morgan fingerprint density at radius 2 is 2.56 bits per heavy atom. The first-order valence-corrected chi connectivity index (χ1v) is 4.80. The van der Waals surface area contributed by atoms with Gasteiger partial charge >= 0.3 is 0 Å². The van der Waals surface area contributed by atoms with Gasteiger partial charge in [0.05, 0.1) is 0 Å². The maximum atomic E-state index is 3.36. The Morgan fingerprint density at radius 3 is 3.11 bits per heavy atom. The monoisotopic (exact) mass is 145 g/mol. The summed E-state index contributed by atoms with van der Waals surface area (Å²) in [6, 6.07) is 0. The Kier molecular flexibility index (Phi) is 3.44. The zero-order chi connectivity index (χ0) is 6.53. The van der Waals surface area contributed by atoms with Gasteiger partial charge in [0.25, 0.3) is 0 Å². The van der Waals surface area contributed by atoms with E-state index >= 15 is 0 Å². The van der Waals surface area contributed by atoms with Gasteiger partial charge in [0.15, 0.2) is 0 Å². The van der Waals surface area contributed by atoms with Crippen LogP contribution < -0.4 is 5.32 Å². The average molecular weight is 145 g/mol. The predicted molar refractivity (Wildman–Crippen MR) is 44.0 cm³/mol. The molecule has 0 aromatic rings. The van der Waals surface area contributed by atoms with Crippen molar-refractivity contribution >= 4 is 11.8 Å². The maximum absolute atomic E-state index is 3.36. The van der Waals surface area contributed by atoms with Crippen LogP contribution >= 0.6 is 11.8 Å². The minimum Gasteiger partial charge on any atom is -0.316 e. The summed E-state index contributed by atoms with van der Waals surface area (Å²) < 4.78 is 0. The summed E-state index contributed by atoms with van der Waals surface area (Å²) in [5.74, 6) is 1.34. The molecule has 0 spiro atoms. The molecule has 2 heteroatoms. The highest BCUT2D eigenvalue weighted by Gasteiger charge is 2.12. The molecular formula is C7H15NS. The summed E-state index contributed by atoms with van der Waals surface area (Å²) in [6.45, 7) is 4.72. The van der Waals surface area contributed by atoms with Crippen molar-refractivity contribution in [2.24, 2.45) is 0 Å². The third-order valence-electron chi connectivity index (χ3n) is 1.57. The van der Waals surface area contributed by atoms with Crippen LogP contribution in [-0.2, 0) is 0 Å². The molecule has 0 saturated carbocycles. The normalized spacial score (nSPS) is 27.0. The van der Waals surface area contributed by atoms with Crippen LogP contribution in [0, 0.1) is 0 Å². The SMILES string of the molecule is CCCSC1CCNC1. The van der Waals surface area contributed by atoms with Gasteiger partial charge in [-0.1, -0.05) is 6.92 Å². The van der Waals surface area contributed by atoms with Gasteiger partial charge in [0, 0.05) is 11.8 Å². The lowest BCUT2D eigenvalue weighted by atomic mass is 10.4. The smallest absolute Gasteiger partial charge is 0.0184 e. The van der Waals surface area contributed by atoms with Crippen LogP contribution in [0.4, 0.5) is 0 Å². The Labute approximate surface area is 61.6 Å². The first-order chi connectivity index (χ1) is 4.43. The number of thioether (sulfide) groups is 1. The molecule has 0 amide bonds. The zero-order valence-corrected chi connectivity index (χ0v) is 6.84. The van der Waals surface area contributed by atoms with Crippen LogP contribution in [0.5, 0.6) is 0 Å². The van der Waals surface area contributed by atoms with Gasteiger partial charge in [-0.3, -0.25) is 0 Å². The second-order valence-electron chi connectivity index (χ2n) is 2.49. The molecule has 0 radical (unpaired) electrons. The van der Waals surface area contributed by atoms with E-state index in [0.717, 1.165) is 5.25 Å². The third kappa shape index (κ3) is 2.59. The van der Waals surface area contributed by atoms with Crippen LogP contribution in [0.2, 0.25) is 0 Å². The first kappa shape index (κ1) is 7.42. The highest BCUT2D eigenvalue weighted by Crippen LogP contribution is 2.17. The minimum absolute atomic E-state index is 0.921. The number of rotatable bonds is 3. The molecule has 0 bridgehead atoms. The van der Waals surface area contributed by atoms with Crippen molar-refractivity contribution < 1.29 is 0 Å². The fourth-order valence-electron chi connectivity index (χ4n) is 1.05. The van der Waals surface area contributed by atoms with Gasteiger partial charge in [-0.05, 0) is 25.1 Å². The van der Waals surface area contributed by atoms with Crippen LogP contribution in [0.3, 0.4) is 0 Å². The van der Waals surface area contributed by atoms with E-state index in [1.807, 2.05) is 0 Å². The van der Waals surface area contributed by atoms with Crippen LogP contribution in [0.15, 0.2) is 0 Å². The molecule has 1 N–H and O–H groups in total. The fourth-order valence-corrected chi connectivity index (χ4v) is 2.14. The lowest BCUT2D eigenvalue weighted by Gasteiger charge is -2.04. The van der Waals surface area contributed by atoms with E-state index in [4.69, 9.17) is 0 Å². The molecule has 0 aliphatic carbocycles. The Bertz CT molecular complexity index is 69.3. The minimum atomic E-state index is 0.921. The average Bonchev–Trinajstić information content (AvgIpc) is 2.34. The van der Waals surface area contributed by atoms with Gasteiger partial charge in [-0.2, -0.15) is 11.8 Å². The molecule has 1 atom stereocenters. The Morgan fingerprint density at radius 1 is 1.67 bits per heavy atom. The van der Waals surface area contributed by atoms with Gasteiger partial charge in [0.1, 0.15) is 0 Å². The predicted octanol–water partition coefficient (Wildman–Crippen LogP) is 1.49. The third-order valence-corrected chi connectivity index (χ3v) is 3.09. The highest BCUT2D eigenvalue weighted by molar-refractivity contribution is 7.99. The standard InChI is InChI=1S/C7H15NS/c1-2-5-9-7-3-4-8-6-7/h7-8H,2-6H2,1H3. The maximum Gasteiger partial charge on any atom is 0.0184 e.